The molecular weight excluding hydrogens is 244 g/mol. The van der Waals surface area contributed by atoms with Crippen molar-refractivity contribution in [3.05, 3.63) is 23.9 Å². The summed E-state index contributed by atoms with van der Waals surface area (Å²) in [5.74, 6) is 0. The molecule has 0 aromatic heterocycles. The zero-order chi connectivity index (χ0) is 14.5. The van der Waals surface area contributed by atoms with Gasteiger partial charge in [0.05, 0.1) is 11.6 Å². The van der Waals surface area contributed by atoms with Gasteiger partial charge in [0.2, 0.25) is 0 Å². The molecule has 20 heavy (non-hydrogen) atoms. The third kappa shape index (κ3) is 8.04. The molecule has 0 fully saturated rings. The van der Waals surface area contributed by atoms with Crippen molar-refractivity contribution in [3.8, 4) is 6.07 Å². The lowest BCUT2D eigenvalue weighted by molar-refractivity contribution is 0.391. The second kappa shape index (κ2) is 11.6. The van der Waals surface area contributed by atoms with E-state index in [2.05, 4.69) is 24.1 Å². The second-order valence-corrected chi connectivity index (χ2v) is 5.76. The topological polar surface area (TPSA) is 27.0 Å². The Labute approximate surface area is 125 Å². The Morgan fingerprint density at radius 3 is 2.10 bits per heavy atom. The Balaban J connectivity index is 1.85. The van der Waals surface area contributed by atoms with Crippen LogP contribution < -0.4 is 0 Å². The van der Waals surface area contributed by atoms with E-state index in [-0.39, 0.29) is 0 Å². The van der Waals surface area contributed by atoms with E-state index in [1.807, 2.05) is 12.2 Å². The summed E-state index contributed by atoms with van der Waals surface area (Å²) in [6, 6.07) is 2.18. The van der Waals surface area contributed by atoms with Gasteiger partial charge < -0.3 is 4.90 Å². The molecule has 0 bridgehead atoms. The Bertz CT molecular complexity index is 336. The van der Waals surface area contributed by atoms with Crippen LogP contribution in [0.4, 0.5) is 0 Å². The Kier molecular flexibility index (Phi) is 9.74. The van der Waals surface area contributed by atoms with Crippen LogP contribution in [0.3, 0.4) is 0 Å². The molecule has 0 N–H and O–H groups in total. The highest BCUT2D eigenvalue weighted by Crippen LogP contribution is 2.12. The number of nitrogens with zero attached hydrogens (tertiary/aromatic N) is 2. The lowest BCUT2D eigenvalue weighted by atomic mass is 10.1. The van der Waals surface area contributed by atoms with E-state index < -0.39 is 0 Å². The molecule has 0 unspecified atom stereocenters. The van der Waals surface area contributed by atoms with Crippen molar-refractivity contribution in [1.29, 1.82) is 5.26 Å². The third-order valence-corrected chi connectivity index (χ3v) is 3.94. The van der Waals surface area contributed by atoms with E-state index in [1.165, 1.54) is 64.2 Å². The van der Waals surface area contributed by atoms with Gasteiger partial charge in [-0.2, -0.15) is 5.26 Å². The minimum absolute atomic E-state index is 0.796. The van der Waals surface area contributed by atoms with Crippen molar-refractivity contribution in [2.24, 2.45) is 0 Å². The molecule has 112 valence electrons. The first kappa shape index (κ1) is 16.8. The SMILES string of the molecule is CCCCCCCCCCCCN1C=CC(C#N)=CC1. The van der Waals surface area contributed by atoms with Crippen LogP contribution in [-0.4, -0.2) is 18.0 Å². The van der Waals surface area contributed by atoms with Crippen molar-refractivity contribution in [2.75, 3.05) is 13.1 Å². The van der Waals surface area contributed by atoms with Gasteiger partial charge in [0, 0.05) is 19.3 Å². The van der Waals surface area contributed by atoms with E-state index in [4.69, 9.17) is 5.26 Å². The summed E-state index contributed by atoms with van der Waals surface area (Å²) in [6.07, 6.45) is 19.8. The quantitative estimate of drug-likeness (QED) is 0.485. The van der Waals surface area contributed by atoms with E-state index in [0.29, 0.717) is 0 Å². The average molecular weight is 274 g/mol. The Morgan fingerprint density at radius 2 is 1.60 bits per heavy atom. The minimum atomic E-state index is 0.796. The van der Waals surface area contributed by atoms with Crippen LogP contribution in [0.25, 0.3) is 0 Å². The van der Waals surface area contributed by atoms with Crippen LogP contribution in [0.5, 0.6) is 0 Å². The third-order valence-electron chi connectivity index (χ3n) is 3.94. The van der Waals surface area contributed by atoms with Crippen LogP contribution in [0.1, 0.15) is 71.1 Å². The van der Waals surface area contributed by atoms with Crippen LogP contribution in [0, 0.1) is 11.3 Å². The fourth-order valence-electron chi connectivity index (χ4n) is 2.58. The van der Waals surface area contributed by atoms with Crippen molar-refractivity contribution in [3.63, 3.8) is 0 Å². The largest absolute Gasteiger partial charge is 0.374 e. The Morgan fingerprint density at radius 1 is 1.00 bits per heavy atom. The molecule has 0 saturated carbocycles. The molecule has 0 atom stereocenters. The zero-order valence-electron chi connectivity index (χ0n) is 13.1. The molecule has 0 radical (unpaired) electrons. The van der Waals surface area contributed by atoms with Gasteiger partial charge in [0.25, 0.3) is 0 Å². The van der Waals surface area contributed by atoms with Crippen molar-refractivity contribution in [1.82, 2.24) is 4.90 Å². The van der Waals surface area contributed by atoms with Gasteiger partial charge in [-0.3, -0.25) is 0 Å². The molecule has 0 saturated heterocycles. The average Bonchev–Trinajstić information content (AvgIpc) is 2.50. The van der Waals surface area contributed by atoms with E-state index in [9.17, 15) is 0 Å². The van der Waals surface area contributed by atoms with Gasteiger partial charge in [-0.1, -0.05) is 64.7 Å². The first-order valence-electron chi connectivity index (χ1n) is 8.39. The number of nitriles is 1. The smallest absolute Gasteiger partial charge is 0.0989 e. The monoisotopic (exact) mass is 274 g/mol. The first-order valence-corrected chi connectivity index (χ1v) is 8.39. The van der Waals surface area contributed by atoms with Gasteiger partial charge in [0.1, 0.15) is 0 Å². The van der Waals surface area contributed by atoms with Crippen LogP contribution in [-0.2, 0) is 0 Å². The number of allylic oxidation sites excluding steroid dienone is 2. The number of hydrogen-bond acceptors (Lipinski definition) is 2. The normalized spacial score (nSPS) is 14.2. The molecule has 1 heterocycles. The fourth-order valence-corrected chi connectivity index (χ4v) is 2.58. The predicted octanol–water partition coefficient (Wildman–Crippen LogP) is 5.19. The van der Waals surface area contributed by atoms with E-state index >= 15 is 0 Å². The van der Waals surface area contributed by atoms with Gasteiger partial charge in [0.15, 0.2) is 0 Å². The summed E-state index contributed by atoms with van der Waals surface area (Å²) in [4.78, 5) is 2.30. The molecule has 0 spiro atoms. The summed E-state index contributed by atoms with van der Waals surface area (Å²) in [5.41, 5.74) is 0.796. The zero-order valence-corrected chi connectivity index (χ0v) is 13.1. The van der Waals surface area contributed by atoms with Crippen LogP contribution in [0.2, 0.25) is 0 Å². The maximum atomic E-state index is 8.75. The first-order chi connectivity index (χ1) is 9.86. The maximum absolute atomic E-state index is 8.75. The summed E-state index contributed by atoms with van der Waals surface area (Å²) < 4.78 is 0. The number of hydrogen-bond donors (Lipinski definition) is 0. The highest BCUT2D eigenvalue weighted by Gasteiger charge is 2.03. The Hall–Kier alpha value is -1.23. The molecular formula is C18H30N2. The van der Waals surface area contributed by atoms with Gasteiger partial charge >= 0.3 is 0 Å². The van der Waals surface area contributed by atoms with Crippen molar-refractivity contribution < 1.29 is 0 Å². The number of unbranched alkanes of at least 4 members (excludes halogenated alkanes) is 9. The number of rotatable bonds is 11. The molecule has 1 rings (SSSR count). The predicted molar refractivity (Wildman–Crippen MR) is 86.3 cm³/mol. The van der Waals surface area contributed by atoms with Gasteiger partial charge in [-0.05, 0) is 18.6 Å². The molecule has 0 amide bonds. The molecule has 0 aromatic carbocycles. The van der Waals surface area contributed by atoms with Crippen molar-refractivity contribution in [2.45, 2.75) is 71.1 Å². The van der Waals surface area contributed by atoms with Crippen LogP contribution >= 0.6 is 0 Å². The second-order valence-electron chi connectivity index (χ2n) is 5.76. The fraction of sp³-hybridized carbons (Fsp3) is 0.722. The lowest BCUT2D eigenvalue weighted by Gasteiger charge is -2.21. The highest BCUT2D eigenvalue weighted by atomic mass is 15.1. The summed E-state index contributed by atoms with van der Waals surface area (Å²) in [6.45, 7) is 4.30. The summed E-state index contributed by atoms with van der Waals surface area (Å²) >= 11 is 0. The standard InChI is InChI=1S/C18H30N2/c1-2-3-4-5-6-7-8-9-10-11-14-20-15-12-18(17-19)13-16-20/h12-13,15H,2-11,14,16H2,1H3. The summed E-state index contributed by atoms with van der Waals surface area (Å²) in [7, 11) is 0. The maximum Gasteiger partial charge on any atom is 0.0989 e. The van der Waals surface area contributed by atoms with E-state index in [0.717, 1.165) is 18.7 Å². The molecule has 2 nitrogen and oxygen atoms in total. The lowest BCUT2D eigenvalue weighted by Crippen LogP contribution is -2.20. The molecule has 0 aliphatic carbocycles. The molecule has 2 heteroatoms. The molecule has 0 aromatic rings. The molecule has 1 aliphatic heterocycles. The molecule has 1 aliphatic rings. The van der Waals surface area contributed by atoms with E-state index in [1.54, 1.807) is 0 Å². The minimum Gasteiger partial charge on any atom is -0.374 e. The summed E-state index contributed by atoms with van der Waals surface area (Å²) in [5, 5.41) is 8.75. The van der Waals surface area contributed by atoms with Crippen LogP contribution in [0.15, 0.2) is 23.9 Å². The highest BCUT2D eigenvalue weighted by molar-refractivity contribution is 5.34. The van der Waals surface area contributed by atoms with Gasteiger partial charge in [-0.25, -0.2) is 0 Å². The van der Waals surface area contributed by atoms with Crippen molar-refractivity contribution >= 4 is 0 Å². The van der Waals surface area contributed by atoms with Gasteiger partial charge in [-0.15, -0.1) is 0 Å².